The van der Waals surface area contributed by atoms with Gasteiger partial charge in [-0.05, 0) is 42.2 Å². The number of aryl methyl sites for hydroxylation is 2. The van der Waals surface area contributed by atoms with Crippen LogP contribution in [0.15, 0.2) is 18.3 Å². The maximum Gasteiger partial charge on any atom is 0.266 e. The lowest BCUT2D eigenvalue weighted by Crippen LogP contribution is -2.26. The van der Waals surface area contributed by atoms with E-state index in [1.165, 1.54) is 16.9 Å². The highest BCUT2D eigenvalue weighted by atomic mass is 32.1. The molecule has 5 heteroatoms. The molecule has 4 nitrogen and oxygen atoms in total. The van der Waals surface area contributed by atoms with E-state index in [9.17, 15) is 4.79 Å². The lowest BCUT2D eigenvalue weighted by atomic mass is 9.72. The summed E-state index contributed by atoms with van der Waals surface area (Å²) in [6.45, 7) is 6.93. The van der Waals surface area contributed by atoms with Gasteiger partial charge in [0.2, 0.25) is 0 Å². The quantitative estimate of drug-likeness (QED) is 0.913. The first-order chi connectivity index (χ1) is 10.3. The van der Waals surface area contributed by atoms with Gasteiger partial charge in [-0.1, -0.05) is 20.8 Å². The van der Waals surface area contributed by atoms with Crippen molar-refractivity contribution in [1.29, 1.82) is 0 Å². The zero-order valence-electron chi connectivity index (χ0n) is 13.6. The van der Waals surface area contributed by atoms with Crippen molar-refractivity contribution < 1.29 is 4.79 Å². The Kier molecular flexibility index (Phi) is 3.85. The molecule has 1 N–H and O–H groups in total. The number of aromatic nitrogens is 2. The van der Waals surface area contributed by atoms with Crippen LogP contribution in [0.2, 0.25) is 0 Å². The Morgan fingerprint density at radius 2 is 2.23 bits per heavy atom. The molecule has 0 aliphatic heterocycles. The van der Waals surface area contributed by atoms with Crippen molar-refractivity contribution in [3.8, 4) is 0 Å². The van der Waals surface area contributed by atoms with Crippen LogP contribution in [0.5, 0.6) is 0 Å². The second-order valence-electron chi connectivity index (χ2n) is 7.19. The molecule has 2 aromatic rings. The number of amides is 1. The van der Waals surface area contributed by atoms with Gasteiger partial charge in [0, 0.05) is 24.2 Å². The summed E-state index contributed by atoms with van der Waals surface area (Å²) in [5.41, 5.74) is 1.69. The molecular formula is C17H23N3OS. The highest BCUT2D eigenvalue weighted by molar-refractivity contribution is 7.14. The largest absolute Gasteiger partial charge is 0.304 e. The molecule has 0 spiro atoms. The Morgan fingerprint density at radius 3 is 2.86 bits per heavy atom. The van der Waals surface area contributed by atoms with Crippen molar-refractivity contribution in [2.75, 3.05) is 5.32 Å². The predicted molar refractivity (Wildman–Crippen MR) is 90.5 cm³/mol. The number of thiophene rings is 1. The van der Waals surface area contributed by atoms with E-state index in [-0.39, 0.29) is 5.91 Å². The molecule has 0 fully saturated rings. The fourth-order valence-electron chi connectivity index (χ4n) is 3.03. The summed E-state index contributed by atoms with van der Waals surface area (Å²) in [5, 5.41) is 7.06. The average molecular weight is 317 g/mol. The molecule has 0 radical (unpaired) electrons. The molecule has 0 saturated carbocycles. The van der Waals surface area contributed by atoms with E-state index >= 15 is 0 Å². The van der Waals surface area contributed by atoms with Crippen LogP contribution in [0.4, 0.5) is 5.82 Å². The van der Waals surface area contributed by atoms with E-state index in [0.717, 1.165) is 17.7 Å². The zero-order chi connectivity index (χ0) is 15.9. The second-order valence-corrected chi connectivity index (χ2v) is 8.33. The predicted octanol–water partition coefficient (Wildman–Crippen LogP) is 3.88. The van der Waals surface area contributed by atoms with Gasteiger partial charge in [-0.3, -0.25) is 9.48 Å². The van der Waals surface area contributed by atoms with E-state index in [1.54, 1.807) is 22.1 Å². The average Bonchev–Trinajstić information content (AvgIpc) is 3.02. The number of hydrogen-bond acceptors (Lipinski definition) is 3. The molecule has 1 atom stereocenters. The third kappa shape index (κ3) is 3.09. The highest BCUT2D eigenvalue weighted by Gasteiger charge is 2.30. The molecule has 118 valence electrons. The van der Waals surface area contributed by atoms with Crippen LogP contribution < -0.4 is 5.32 Å². The first-order valence-corrected chi connectivity index (χ1v) is 8.57. The van der Waals surface area contributed by atoms with Crippen molar-refractivity contribution >= 4 is 23.1 Å². The van der Waals surface area contributed by atoms with Crippen molar-refractivity contribution in [2.24, 2.45) is 18.4 Å². The van der Waals surface area contributed by atoms with Crippen LogP contribution in [0.3, 0.4) is 0 Å². The number of carbonyl (C=O) groups excluding carboxylic acids is 1. The van der Waals surface area contributed by atoms with Gasteiger partial charge >= 0.3 is 0 Å². The Bertz CT molecular complexity index is 693. The van der Waals surface area contributed by atoms with Crippen LogP contribution in [0.25, 0.3) is 0 Å². The van der Waals surface area contributed by atoms with Crippen LogP contribution in [0.1, 0.15) is 47.3 Å². The van der Waals surface area contributed by atoms with Crippen molar-refractivity contribution in [1.82, 2.24) is 9.78 Å². The van der Waals surface area contributed by atoms with Gasteiger partial charge in [0.15, 0.2) is 5.82 Å². The topological polar surface area (TPSA) is 46.9 Å². The summed E-state index contributed by atoms with van der Waals surface area (Å²) in [6, 6.07) is 3.89. The molecule has 0 saturated heterocycles. The first-order valence-electron chi connectivity index (χ1n) is 7.75. The number of fused-ring (bicyclic) bond motifs is 1. The van der Waals surface area contributed by atoms with Gasteiger partial charge in [-0.2, -0.15) is 5.10 Å². The summed E-state index contributed by atoms with van der Waals surface area (Å²) >= 11 is 1.64. The number of hydrogen-bond donors (Lipinski definition) is 1. The third-order valence-electron chi connectivity index (χ3n) is 4.49. The summed E-state index contributed by atoms with van der Waals surface area (Å²) < 4.78 is 1.68. The minimum atomic E-state index is -0.0505. The minimum Gasteiger partial charge on any atom is -0.304 e. The molecule has 2 aromatic heterocycles. The summed E-state index contributed by atoms with van der Waals surface area (Å²) in [4.78, 5) is 14.5. The Morgan fingerprint density at radius 1 is 1.45 bits per heavy atom. The van der Waals surface area contributed by atoms with E-state index in [4.69, 9.17) is 0 Å². The maximum absolute atomic E-state index is 12.4. The van der Waals surface area contributed by atoms with E-state index in [1.807, 2.05) is 13.2 Å². The van der Waals surface area contributed by atoms with Crippen molar-refractivity contribution in [2.45, 2.75) is 40.0 Å². The molecular weight excluding hydrogens is 294 g/mol. The Balaban J connectivity index is 1.75. The van der Waals surface area contributed by atoms with Crippen molar-refractivity contribution in [3.63, 3.8) is 0 Å². The molecule has 1 aliphatic rings. The highest BCUT2D eigenvalue weighted by Crippen LogP contribution is 2.40. The SMILES string of the molecule is Cn1ccc(NC(=O)c2cc3c(s2)CCC(C(C)(C)C)C3)n1. The second kappa shape index (κ2) is 5.54. The monoisotopic (exact) mass is 317 g/mol. The smallest absolute Gasteiger partial charge is 0.266 e. The van der Waals surface area contributed by atoms with E-state index in [2.05, 4.69) is 37.3 Å². The van der Waals surface area contributed by atoms with Crippen molar-refractivity contribution in [3.05, 3.63) is 33.6 Å². The van der Waals surface area contributed by atoms with Gasteiger partial charge in [0.05, 0.1) is 4.88 Å². The molecule has 1 unspecified atom stereocenters. The normalized spacial score (nSPS) is 18.1. The standard InChI is InChI=1S/C17H23N3OS/c1-17(2,3)12-5-6-13-11(9-12)10-14(22-13)16(21)18-15-7-8-20(4)19-15/h7-8,10,12H,5-6,9H2,1-4H3,(H,18,19,21). The molecule has 0 aromatic carbocycles. The van der Waals surface area contributed by atoms with Gasteiger partial charge in [-0.15, -0.1) is 11.3 Å². The molecule has 3 rings (SSSR count). The summed E-state index contributed by atoms with van der Waals surface area (Å²) in [5.74, 6) is 1.25. The minimum absolute atomic E-state index is 0.0505. The van der Waals surface area contributed by atoms with E-state index in [0.29, 0.717) is 17.2 Å². The summed E-state index contributed by atoms with van der Waals surface area (Å²) in [6.07, 6.45) is 5.23. The van der Waals surface area contributed by atoms with Gasteiger partial charge in [-0.25, -0.2) is 0 Å². The molecule has 2 heterocycles. The Labute approximate surface area is 135 Å². The zero-order valence-corrected chi connectivity index (χ0v) is 14.5. The fourth-order valence-corrected chi connectivity index (χ4v) is 4.14. The lowest BCUT2D eigenvalue weighted by Gasteiger charge is -2.33. The van der Waals surface area contributed by atoms with Crippen LogP contribution in [-0.2, 0) is 19.9 Å². The molecule has 0 bridgehead atoms. The maximum atomic E-state index is 12.4. The fraction of sp³-hybridized carbons (Fsp3) is 0.529. The number of nitrogens with one attached hydrogen (secondary N) is 1. The first kappa shape index (κ1) is 15.3. The number of anilines is 1. The number of nitrogens with zero attached hydrogens (tertiary/aromatic N) is 2. The van der Waals surface area contributed by atoms with Crippen LogP contribution >= 0.6 is 11.3 Å². The molecule has 22 heavy (non-hydrogen) atoms. The Hall–Kier alpha value is -1.62. The van der Waals surface area contributed by atoms with E-state index < -0.39 is 0 Å². The summed E-state index contributed by atoms with van der Waals surface area (Å²) in [7, 11) is 1.84. The lowest BCUT2D eigenvalue weighted by molar-refractivity contribution is 0.103. The van der Waals surface area contributed by atoms with Crippen LogP contribution in [0, 0.1) is 11.3 Å². The third-order valence-corrected chi connectivity index (χ3v) is 5.72. The number of carbonyl (C=O) groups is 1. The van der Waals surface area contributed by atoms with Crippen LogP contribution in [-0.4, -0.2) is 15.7 Å². The van der Waals surface area contributed by atoms with Gasteiger partial charge < -0.3 is 5.32 Å². The molecule has 1 aliphatic carbocycles. The van der Waals surface area contributed by atoms with Gasteiger partial charge in [0.1, 0.15) is 0 Å². The number of rotatable bonds is 2. The molecule has 1 amide bonds. The van der Waals surface area contributed by atoms with Gasteiger partial charge in [0.25, 0.3) is 5.91 Å².